The van der Waals surface area contributed by atoms with Gasteiger partial charge in [-0.05, 0) is 65.7 Å². The lowest BCUT2D eigenvalue weighted by Gasteiger charge is -2.11. The maximum atomic E-state index is 6.07. The van der Waals surface area contributed by atoms with Gasteiger partial charge in [0.2, 0.25) is 0 Å². The first kappa shape index (κ1) is 24.6. The summed E-state index contributed by atoms with van der Waals surface area (Å²) in [6.07, 6.45) is 1.82. The number of halogens is 1. The monoisotopic (exact) mass is 604 g/mol. The molecule has 8 aromatic rings. The van der Waals surface area contributed by atoms with Crippen molar-refractivity contribution in [2.45, 2.75) is 0 Å². The van der Waals surface area contributed by atoms with Crippen LogP contribution in [0.2, 0.25) is 0 Å². The maximum absolute atomic E-state index is 6.07. The summed E-state index contributed by atoms with van der Waals surface area (Å²) in [7, 11) is 0. The van der Waals surface area contributed by atoms with Crippen LogP contribution in [0.4, 0.5) is 0 Å². The molecular formula is C36H21BrN4O. The summed E-state index contributed by atoms with van der Waals surface area (Å²) < 4.78 is 7.00. The number of benzene rings is 5. The number of rotatable bonds is 4. The van der Waals surface area contributed by atoms with E-state index in [9.17, 15) is 0 Å². The Balaban J connectivity index is 1.33. The number of nitrogens with zero attached hydrogens (tertiary/aromatic N) is 4. The molecule has 0 saturated heterocycles. The van der Waals surface area contributed by atoms with E-state index in [-0.39, 0.29) is 0 Å². The molecule has 8 rings (SSSR count). The predicted molar refractivity (Wildman–Crippen MR) is 172 cm³/mol. The van der Waals surface area contributed by atoms with Gasteiger partial charge in [0.1, 0.15) is 11.2 Å². The Labute approximate surface area is 249 Å². The van der Waals surface area contributed by atoms with E-state index in [1.54, 1.807) is 0 Å². The van der Waals surface area contributed by atoms with Crippen molar-refractivity contribution in [1.82, 2.24) is 19.9 Å². The van der Waals surface area contributed by atoms with Crippen molar-refractivity contribution in [1.29, 1.82) is 0 Å². The molecule has 0 amide bonds. The van der Waals surface area contributed by atoms with Gasteiger partial charge in [0.05, 0.1) is 5.52 Å². The van der Waals surface area contributed by atoms with Crippen molar-refractivity contribution >= 4 is 48.8 Å². The van der Waals surface area contributed by atoms with E-state index in [1.807, 2.05) is 91.1 Å². The number of fused-ring (bicyclic) bond motifs is 4. The van der Waals surface area contributed by atoms with Crippen LogP contribution in [-0.2, 0) is 0 Å². The van der Waals surface area contributed by atoms with Gasteiger partial charge in [0.25, 0.3) is 0 Å². The smallest absolute Gasteiger partial charge is 0.164 e. The molecule has 3 aromatic heterocycles. The number of hydrogen-bond acceptors (Lipinski definition) is 5. The van der Waals surface area contributed by atoms with Crippen LogP contribution in [0, 0.1) is 0 Å². The first-order valence-corrected chi connectivity index (χ1v) is 14.4. The van der Waals surface area contributed by atoms with E-state index < -0.39 is 0 Å². The van der Waals surface area contributed by atoms with E-state index in [0.29, 0.717) is 17.5 Å². The van der Waals surface area contributed by atoms with E-state index in [2.05, 4.69) is 57.3 Å². The fraction of sp³-hybridized carbons (Fsp3) is 0. The quantitative estimate of drug-likeness (QED) is 0.200. The second-order valence-electron chi connectivity index (χ2n) is 10.1. The van der Waals surface area contributed by atoms with Crippen LogP contribution in [0.5, 0.6) is 0 Å². The Morgan fingerprint density at radius 1 is 0.476 bits per heavy atom. The summed E-state index contributed by atoms with van der Waals surface area (Å²) in [5, 5.41) is 3.18. The fourth-order valence-electron chi connectivity index (χ4n) is 5.44. The third-order valence-electron chi connectivity index (χ3n) is 7.41. The van der Waals surface area contributed by atoms with Crippen LogP contribution < -0.4 is 0 Å². The van der Waals surface area contributed by atoms with Crippen molar-refractivity contribution in [2.24, 2.45) is 0 Å². The van der Waals surface area contributed by atoms with E-state index >= 15 is 0 Å². The van der Waals surface area contributed by atoms with Gasteiger partial charge in [-0.15, -0.1) is 0 Å². The van der Waals surface area contributed by atoms with Crippen LogP contribution in [0.3, 0.4) is 0 Å². The van der Waals surface area contributed by atoms with Gasteiger partial charge in [-0.2, -0.15) is 0 Å². The minimum Gasteiger partial charge on any atom is -0.456 e. The largest absolute Gasteiger partial charge is 0.456 e. The molecule has 42 heavy (non-hydrogen) atoms. The van der Waals surface area contributed by atoms with Crippen molar-refractivity contribution in [3.8, 4) is 45.3 Å². The Kier molecular flexibility index (Phi) is 5.86. The molecule has 6 heteroatoms. The molecule has 0 fully saturated rings. The lowest BCUT2D eigenvalue weighted by Crippen LogP contribution is -2.00. The molecule has 0 N–H and O–H groups in total. The highest BCUT2D eigenvalue weighted by atomic mass is 79.9. The molecule has 5 nitrogen and oxygen atoms in total. The molecule has 0 aliphatic rings. The molecule has 3 heterocycles. The SMILES string of the molecule is Brc1cc(-c2nc(-c3ccccc3)nc(-c3ccc4oc5ccccc5c4c3)n2)cc(-c2cccc3ncccc23)c1. The highest BCUT2D eigenvalue weighted by molar-refractivity contribution is 9.10. The third kappa shape index (κ3) is 4.33. The zero-order chi connectivity index (χ0) is 28.0. The Morgan fingerprint density at radius 2 is 1.19 bits per heavy atom. The number of pyridine rings is 1. The van der Waals surface area contributed by atoms with Gasteiger partial charge in [0.15, 0.2) is 17.5 Å². The van der Waals surface area contributed by atoms with Gasteiger partial charge in [0, 0.05) is 43.5 Å². The lowest BCUT2D eigenvalue weighted by atomic mass is 9.98. The number of furan rings is 1. The molecule has 0 aliphatic heterocycles. The van der Waals surface area contributed by atoms with Crippen molar-refractivity contribution < 1.29 is 4.42 Å². The Hall–Kier alpha value is -5.20. The van der Waals surface area contributed by atoms with E-state index in [1.165, 1.54) is 0 Å². The lowest BCUT2D eigenvalue weighted by molar-refractivity contribution is 0.669. The number of hydrogen-bond donors (Lipinski definition) is 0. The molecule has 0 aliphatic carbocycles. The van der Waals surface area contributed by atoms with Gasteiger partial charge in [-0.1, -0.05) is 82.7 Å². The van der Waals surface area contributed by atoms with Gasteiger partial charge in [-0.3, -0.25) is 4.98 Å². The molecule has 198 valence electrons. The highest BCUT2D eigenvalue weighted by Gasteiger charge is 2.16. The molecule has 0 saturated carbocycles. The minimum atomic E-state index is 0.594. The van der Waals surface area contributed by atoms with Crippen LogP contribution in [0.15, 0.2) is 136 Å². The average molecular weight is 605 g/mol. The number of para-hydroxylation sites is 1. The molecule has 0 spiro atoms. The topological polar surface area (TPSA) is 64.7 Å². The fourth-order valence-corrected chi connectivity index (χ4v) is 5.94. The average Bonchev–Trinajstić information content (AvgIpc) is 3.42. The highest BCUT2D eigenvalue weighted by Crippen LogP contribution is 2.35. The zero-order valence-electron chi connectivity index (χ0n) is 22.2. The Bertz CT molecular complexity index is 2270. The van der Waals surface area contributed by atoms with Crippen LogP contribution in [0.25, 0.3) is 78.1 Å². The molecule has 0 radical (unpaired) electrons. The first-order valence-electron chi connectivity index (χ1n) is 13.6. The van der Waals surface area contributed by atoms with Gasteiger partial charge in [-0.25, -0.2) is 15.0 Å². The third-order valence-corrected chi connectivity index (χ3v) is 7.87. The molecular weight excluding hydrogens is 584 g/mol. The van der Waals surface area contributed by atoms with E-state index in [4.69, 9.17) is 19.4 Å². The molecule has 0 bridgehead atoms. The van der Waals surface area contributed by atoms with Crippen molar-refractivity contribution in [3.05, 3.63) is 132 Å². The van der Waals surface area contributed by atoms with Gasteiger partial charge >= 0.3 is 0 Å². The summed E-state index contributed by atoms with van der Waals surface area (Å²) in [5.41, 5.74) is 7.49. The van der Waals surface area contributed by atoms with Crippen molar-refractivity contribution in [3.63, 3.8) is 0 Å². The predicted octanol–water partition coefficient (Wildman–Crippen LogP) is 9.75. The normalized spacial score (nSPS) is 11.5. The van der Waals surface area contributed by atoms with Crippen LogP contribution in [-0.4, -0.2) is 19.9 Å². The summed E-state index contributed by atoms with van der Waals surface area (Å²) in [4.78, 5) is 19.5. The molecule has 0 atom stereocenters. The zero-order valence-corrected chi connectivity index (χ0v) is 23.8. The summed E-state index contributed by atoms with van der Waals surface area (Å²) in [5.74, 6) is 1.81. The summed E-state index contributed by atoms with van der Waals surface area (Å²) in [6.45, 7) is 0. The van der Waals surface area contributed by atoms with E-state index in [0.717, 1.165) is 65.1 Å². The Morgan fingerprint density at radius 3 is 2.07 bits per heavy atom. The summed E-state index contributed by atoms with van der Waals surface area (Å²) >= 11 is 3.75. The second kappa shape index (κ2) is 10.0. The molecule has 0 unspecified atom stereocenters. The summed E-state index contributed by atoms with van der Waals surface area (Å²) in [6, 6.07) is 40.7. The first-order chi connectivity index (χ1) is 20.7. The van der Waals surface area contributed by atoms with Gasteiger partial charge < -0.3 is 4.42 Å². The second-order valence-corrected chi connectivity index (χ2v) is 11.0. The van der Waals surface area contributed by atoms with Crippen molar-refractivity contribution in [2.75, 3.05) is 0 Å². The van der Waals surface area contributed by atoms with Crippen LogP contribution >= 0.6 is 15.9 Å². The standard InChI is InChI=1S/C36H21BrN4O/c37-26-19-24(27-11-6-13-31-28(27)12-7-17-38-31)18-25(20-26)36-40-34(22-8-2-1-3-9-22)39-35(41-36)23-15-16-33-30(21-23)29-10-4-5-14-32(29)42-33/h1-21H. The number of aromatic nitrogens is 4. The molecule has 5 aromatic carbocycles. The van der Waals surface area contributed by atoms with Crippen LogP contribution in [0.1, 0.15) is 0 Å². The minimum absolute atomic E-state index is 0.594. The maximum Gasteiger partial charge on any atom is 0.164 e.